The second-order valence-corrected chi connectivity index (χ2v) is 5.91. The van der Waals surface area contributed by atoms with E-state index >= 15 is 0 Å². The Morgan fingerprint density at radius 3 is 2.50 bits per heavy atom. The molecule has 2 aromatic carbocycles. The monoisotopic (exact) mass is 418 g/mol. The molecule has 18 heavy (non-hydrogen) atoms. The zero-order valence-electron chi connectivity index (χ0n) is 9.73. The summed E-state index contributed by atoms with van der Waals surface area (Å²) in [5.74, 6) is 1.56. The third-order valence-corrected chi connectivity index (χ3v) is 4.01. The fraction of sp³-hybridized carbons (Fsp3) is 0.143. The lowest BCUT2D eigenvalue weighted by molar-refractivity contribution is 0.199. The van der Waals surface area contributed by atoms with Crippen LogP contribution in [0.4, 0.5) is 0 Å². The molecule has 94 valence electrons. The molecule has 0 amide bonds. The van der Waals surface area contributed by atoms with Gasteiger partial charge in [-0.25, -0.2) is 0 Å². The van der Waals surface area contributed by atoms with Crippen LogP contribution >= 0.6 is 38.5 Å². The number of hydrogen-bond acceptors (Lipinski definition) is 2. The maximum Gasteiger partial charge on any atom is 0.141 e. The first-order valence-electron chi connectivity index (χ1n) is 5.48. The van der Waals surface area contributed by atoms with E-state index in [1.54, 1.807) is 6.92 Å². The highest BCUT2D eigenvalue weighted by molar-refractivity contribution is 14.1. The molecular weight excluding hydrogens is 407 g/mol. The van der Waals surface area contributed by atoms with E-state index in [9.17, 15) is 5.11 Å². The first-order valence-corrected chi connectivity index (χ1v) is 7.35. The van der Waals surface area contributed by atoms with Crippen molar-refractivity contribution in [3.63, 3.8) is 0 Å². The quantitative estimate of drug-likeness (QED) is 0.718. The van der Waals surface area contributed by atoms with Gasteiger partial charge in [0, 0.05) is 0 Å². The minimum Gasteiger partial charge on any atom is -0.455 e. The van der Waals surface area contributed by atoms with Crippen LogP contribution in [0.1, 0.15) is 18.6 Å². The zero-order valence-corrected chi connectivity index (χ0v) is 13.5. The number of hydrogen-bond donors (Lipinski definition) is 1. The molecule has 0 saturated carbocycles. The molecule has 2 nitrogen and oxygen atoms in total. The number of benzene rings is 2. The SMILES string of the molecule is C[C@@H](O)c1ccc(Oc2ccccc2I)c(Br)c1. The molecule has 0 fully saturated rings. The molecule has 0 radical (unpaired) electrons. The van der Waals surface area contributed by atoms with Crippen molar-refractivity contribution in [1.82, 2.24) is 0 Å². The van der Waals surface area contributed by atoms with Gasteiger partial charge in [0.2, 0.25) is 0 Å². The summed E-state index contributed by atoms with van der Waals surface area (Å²) in [6, 6.07) is 13.4. The van der Waals surface area contributed by atoms with Gasteiger partial charge >= 0.3 is 0 Å². The van der Waals surface area contributed by atoms with Crippen LogP contribution in [0.15, 0.2) is 46.9 Å². The molecule has 1 atom stereocenters. The van der Waals surface area contributed by atoms with Gasteiger partial charge in [0.05, 0.1) is 14.1 Å². The first kappa shape index (κ1) is 13.8. The van der Waals surface area contributed by atoms with Crippen molar-refractivity contribution >= 4 is 38.5 Å². The summed E-state index contributed by atoms with van der Waals surface area (Å²) in [7, 11) is 0. The van der Waals surface area contributed by atoms with Crippen molar-refractivity contribution in [3.8, 4) is 11.5 Å². The van der Waals surface area contributed by atoms with Crippen molar-refractivity contribution in [2.75, 3.05) is 0 Å². The van der Waals surface area contributed by atoms with Crippen molar-refractivity contribution in [2.45, 2.75) is 13.0 Å². The summed E-state index contributed by atoms with van der Waals surface area (Å²) in [6.45, 7) is 1.74. The number of aliphatic hydroxyl groups excluding tert-OH is 1. The highest BCUT2D eigenvalue weighted by Crippen LogP contribution is 2.33. The molecule has 2 rings (SSSR count). The summed E-state index contributed by atoms with van der Waals surface area (Å²) in [6.07, 6.45) is -0.479. The van der Waals surface area contributed by atoms with E-state index < -0.39 is 6.10 Å². The van der Waals surface area contributed by atoms with E-state index in [2.05, 4.69) is 38.5 Å². The van der Waals surface area contributed by atoms with Crippen molar-refractivity contribution in [1.29, 1.82) is 0 Å². The van der Waals surface area contributed by atoms with Gasteiger partial charge in [-0.2, -0.15) is 0 Å². The third kappa shape index (κ3) is 3.24. The predicted molar refractivity (Wildman–Crippen MR) is 84.0 cm³/mol. The van der Waals surface area contributed by atoms with Crippen LogP contribution < -0.4 is 4.74 Å². The highest BCUT2D eigenvalue weighted by atomic mass is 127. The Bertz CT molecular complexity index is 555. The second-order valence-electron chi connectivity index (χ2n) is 3.90. The van der Waals surface area contributed by atoms with Crippen molar-refractivity contribution < 1.29 is 9.84 Å². The van der Waals surface area contributed by atoms with E-state index in [1.807, 2.05) is 42.5 Å². The molecule has 0 spiro atoms. The van der Waals surface area contributed by atoms with Gasteiger partial charge in [-0.15, -0.1) is 0 Å². The Kier molecular flexibility index (Phi) is 4.64. The smallest absolute Gasteiger partial charge is 0.141 e. The summed E-state index contributed by atoms with van der Waals surface area (Å²) < 4.78 is 7.73. The Hall–Kier alpha value is -0.590. The molecule has 2 aromatic rings. The van der Waals surface area contributed by atoms with Crippen LogP contribution in [-0.2, 0) is 0 Å². The summed E-state index contributed by atoms with van der Waals surface area (Å²) in [5, 5.41) is 9.51. The van der Waals surface area contributed by atoms with Crippen LogP contribution in [-0.4, -0.2) is 5.11 Å². The predicted octanol–water partition coefficient (Wildman–Crippen LogP) is 4.90. The maximum atomic E-state index is 9.51. The number of ether oxygens (including phenoxy) is 1. The standard InChI is InChI=1S/C14H12BrIO2/c1-9(17)10-6-7-13(11(15)8-10)18-14-5-3-2-4-12(14)16/h2-9,17H,1H3/t9-/m1/s1. The molecule has 0 aliphatic carbocycles. The van der Waals surface area contributed by atoms with Gasteiger partial charge in [-0.3, -0.25) is 0 Å². The van der Waals surface area contributed by atoms with Gasteiger partial charge in [0.25, 0.3) is 0 Å². The van der Waals surface area contributed by atoms with E-state index in [-0.39, 0.29) is 0 Å². The molecule has 4 heteroatoms. The average Bonchev–Trinajstić information content (AvgIpc) is 2.34. The normalized spacial score (nSPS) is 12.2. The number of rotatable bonds is 3. The fourth-order valence-electron chi connectivity index (χ4n) is 1.51. The van der Waals surface area contributed by atoms with E-state index in [0.29, 0.717) is 0 Å². The molecule has 0 saturated heterocycles. The summed E-state index contributed by atoms with van der Waals surface area (Å²) >= 11 is 5.69. The van der Waals surface area contributed by atoms with Gasteiger partial charge in [-0.1, -0.05) is 18.2 Å². The number of halogens is 2. The largest absolute Gasteiger partial charge is 0.455 e. The van der Waals surface area contributed by atoms with Gasteiger partial charge in [0.15, 0.2) is 0 Å². The van der Waals surface area contributed by atoms with E-state index in [4.69, 9.17) is 4.74 Å². The van der Waals surface area contributed by atoms with Crippen LogP contribution in [0.2, 0.25) is 0 Å². The second kappa shape index (κ2) is 6.04. The van der Waals surface area contributed by atoms with Crippen molar-refractivity contribution in [3.05, 3.63) is 56.1 Å². The maximum absolute atomic E-state index is 9.51. The molecule has 0 bridgehead atoms. The first-order chi connectivity index (χ1) is 8.58. The van der Waals surface area contributed by atoms with E-state index in [0.717, 1.165) is 25.1 Å². The average molecular weight is 419 g/mol. The van der Waals surface area contributed by atoms with Gasteiger partial charge in [-0.05, 0) is 75.3 Å². The molecule has 0 unspecified atom stereocenters. The molecule has 0 aromatic heterocycles. The number of aliphatic hydroxyl groups is 1. The minimum atomic E-state index is -0.479. The molecule has 1 N–H and O–H groups in total. The molecular formula is C14H12BrIO2. The lowest BCUT2D eigenvalue weighted by Crippen LogP contribution is -1.93. The minimum absolute atomic E-state index is 0.479. The Balaban J connectivity index is 2.28. The third-order valence-electron chi connectivity index (χ3n) is 2.49. The summed E-state index contributed by atoms with van der Waals surface area (Å²) in [5.41, 5.74) is 0.858. The van der Waals surface area contributed by atoms with Crippen LogP contribution in [0.5, 0.6) is 11.5 Å². The Morgan fingerprint density at radius 1 is 1.17 bits per heavy atom. The van der Waals surface area contributed by atoms with Gasteiger partial charge in [0.1, 0.15) is 11.5 Å². The molecule has 0 aliphatic heterocycles. The van der Waals surface area contributed by atoms with Gasteiger partial charge < -0.3 is 9.84 Å². The molecule has 0 aliphatic rings. The number of para-hydroxylation sites is 1. The lowest BCUT2D eigenvalue weighted by atomic mass is 10.1. The molecule has 0 heterocycles. The van der Waals surface area contributed by atoms with Crippen LogP contribution in [0, 0.1) is 3.57 Å². The van der Waals surface area contributed by atoms with Crippen LogP contribution in [0.25, 0.3) is 0 Å². The van der Waals surface area contributed by atoms with Crippen molar-refractivity contribution in [2.24, 2.45) is 0 Å². The fourth-order valence-corrected chi connectivity index (χ4v) is 2.48. The van der Waals surface area contributed by atoms with Crippen LogP contribution in [0.3, 0.4) is 0 Å². The Morgan fingerprint density at radius 2 is 1.89 bits per heavy atom. The summed E-state index contributed by atoms with van der Waals surface area (Å²) in [4.78, 5) is 0. The van der Waals surface area contributed by atoms with E-state index in [1.165, 1.54) is 0 Å². The Labute approximate surface area is 128 Å². The topological polar surface area (TPSA) is 29.5 Å². The lowest BCUT2D eigenvalue weighted by Gasteiger charge is -2.11. The highest BCUT2D eigenvalue weighted by Gasteiger charge is 2.08. The zero-order chi connectivity index (χ0) is 13.1.